The first-order valence-electron chi connectivity index (χ1n) is 17.0. The predicted molar refractivity (Wildman–Crippen MR) is 196 cm³/mol. The molecule has 258 valence electrons. The number of nitrogens with zero attached hydrogens (tertiary/aromatic N) is 3. The van der Waals surface area contributed by atoms with Gasteiger partial charge in [0.15, 0.2) is 0 Å². The number of fused-ring (bicyclic) bond motifs is 8. The molecule has 2 aliphatic heterocycles. The summed E-state index contributed by atoms with van der Waals surface area (Å²) in [6.45, 7) is 18.5. The third-order valence-corrected chi connectivity index (χ3v) is 10.5. The Morgan fingerprint density at radius 1 is 1.00 bits per heavy atom. The normalized spacial score (nSPS) is 22.6. The molecule has 3 aromatic heterocycles. The van der Waals surface area contributed by atoms with Crippen molar-refractivity contribution >= 4 is 70.6 Å². The number of aliphatic hydroxyl groups is 1. The van der Waals surface area contributed by atoms with Crippen molar-refractivity contribution in [1.82, 2.24) is 20.3 Å². The molecule has 0 spiro atoms. The first kappa shape index (κ1) is 37.1. The molecular weight excluding hydrogens is 641 g/mol. The van der Waals surface area contributed by atoms with Crippen LogP contribution in [0.15, 0.2) is 23.9 Å². The standard InChI is InChI=1S/C40H45N4O5.Mg/c1-10-24-20(5)27-16-29-22(7)26(12-13-33(45)49-15-14-19(3)4)37(43-29)35-36(40(47)48-9)39(46)34-23(8)30(44-38(34)35)18-32-25(11-2)21(6)28(42-32)17-31(24)41-27;/h10,14,16-18,22,26,36-37,43,46H,1,11-13,15H2,2-9H3;/q-3;+2/b28-17-,29-16-,32-18-;/t22-,26-,36+,37?;/m0./s1. The number of carbonyl (C=O) groups is 2. The molecule has 4 atom stereocenters. The number of hydrogen-bond acceptors (Lipinski definition) is 6. The zero-order valence-electron chi connectivity index (χ0n) is 30.4. The summed E-state index contributed by atoms with van der Waals surface area (Å²) in [4.78, 5) is 41.6. The van der Waals surface area contributed by atoms with Crippen molar-refractivity contribution in [2.45, 2.75) is 73.8 Å². The molecular formula is C40H45MgN4O5-. The van der Waals surface area contributed by atoms with Gasteiger partial charge in [-0.15, -0.1) is 33.1 Å². The smallest absolute Gasteiger partial charge is 0.657 e. The van der Waals surface area contributed by atoms with E-state index in [-0.39, 0.29) is 59.6 Å². The van der Waals surface area contributed by atoms with Crippen LogP contribution in [0.2, 0.25) is 0 Å². The van der Waals surface area contributed by atoms with Crippen molar-refractivity contribution in [2.24, 2.45) is 17.8 Å². The number of ether oxygens (including phenoxy) is 2. The summed E-state index contributed by atoms with van der Waals surface area (Å²) in [5.41, 5.74) is 9.80. The zero-order valence-corrected chi connectivity index (χ0v) is 31.8. The van der Waals surface area contributed by atoms with Gasteiger partial charge in [-0.05, 0) is 70.6 Å². The molecule has 0 aromatic carbocycles. The van der Waals surface area contributed by atoms with Gasteiger partial charge < -0.3 is 34.8 Å². The minimum atomic E-state index is -1.03. The van der Waals surface area contributed by atoms with Crippen molar-refractivity contribution in [3.63, 3.8) is 0 Å². The number of hydrogen-bond donors (Lipinski definition) is 2. The van der Waals surface area contributed by atoms with Crippen molar-refractivity contribution in [3.8, 4) is 0 Å². The maximum Gasteiger partial charge on any atom is 2.00 e. The third kappa shape index (κ3) is 6.32. The molecule has 0 radical (unpaired) electrons. The van der Waals surface area contributed by atoms with Gasteiger partial charge in [0.25, 0.3) is 0 Å². The molecule has 1 aliphatic carbocycles. The van der Waals surface area contributed by atoms with Gasteiger partial charge in [0, 0.05) is 23.3 Å². The molecule has 2 N–H and O–H groups in total. The van der Waals surface area contributed by atoms with Crippen molar-refractivity contribution in [1.29, 1.82) is 0 Å². The number of rotatable bonds is 8. The van der Waals surface area contributed by atoms with Crippen LogP contribution < -0.4 is 41.5 Å². The molecule has 1 fully saturated rings. The van der Waals surface area contributed by atoms with E-state index in [0.29, 0.717) is 28.3 Å². The second-order valence-electron chi connectivity index (χ2n) is 13.6. The monoisotopic (exact) mass is 685 g/mol. The number of allylic oxidation sites excluding steroid dienone is 2. The average molecular weight is 686 g/mol. The molecule has 3 aliphatic rings. The van der Waals surface area contributed by atoms with Crippen LogP contribution >= 0.6 is 0 Å². The summed E-state index contributed by atoms with van der Waals surface area (Å²) in [5, 5.41) is 18.2. The molecule has 1 unspecified atom stereocenters. The van der Waals surface area contributed by atoms with Crippen molar-refractivity contribution in [3.05, 3.63) is 90.1 Å². The summed E-state index contributed by atoms with van der Waals surface area (Å²) in [7, 11) is 1.33. The molecule has 8 bridgehead atoms. The number of carbonyl (C=O) groups excluding carboxylic acids is 2. The SMILES string of the molecule is C=Cc1c2[n-]c(c1C)/C=C1\NC(C3=c4[n-]c(c(C)c4=C(O)[C@@H]3C(=O)OC)/C=c3\[n-]/c(c(C)c3CC)=C\2)[C@@H](CCC(=O)OCC=C(C)C)[C@@H]1C.[Mg+2]. The van der Waals surface area contributed by atoms with Crippen LogP contribution in [0.25, 0.3) is 35.6 Å². The van der Waals surface area contributed by atoms with Crippen molar-refractivity contribution < 1.29 is 24.2 Å². The van der Waals surface area contributed by atoms with Gasteiger partial charge in [0.2, 0.25) is 0 Å². The number of methoxy groups -OCH3 is 1. The Labute approximate surface area is 309 Å². The third-order valence-electron chi connectivity index (χ3n) is 10.5. The molecule has 3 aromatic rings. The van der Waals surface area contributed by atoms with E-state index in [1.807, 2.05) is 52.0 Å². The minimum absolute atomic E-state index is 0. The van der Waals surface area contributed by atoms with Gasteiger partial charge >= 0.3 is 35.0 Å². The van der Waals surface area contributed by atoms with Crippen molar-refractivity contribution in [2.75, 3.05) is 13.7 Å². The fourth-order valence-electron chi connectivity index (χ4n) is 7.69. The summed E-state index contributed by atoms with van der Waals surface area (Å²) in [6, 6.07) is -0.438. The van der Waals surface area contributed by atoms with Crippen LogP contribution in [0.1, 0.15) is 85.4 Å². The van der Waals surface area contributed by atoms with Gasteiger partial charge in [-0.25, -0.2) is 0 Å². The average Bonchev–Trinajstić information content (AvgIpc) is 3.80. The Balaban J connectivity index is 0.00000486. The second kappa shape index (κ2) is 14.6. The summed E-state index contributed by atoms with van der Waals surface area (Å²) >= 11 is 0. The van der Waals surface area contributed by atoms with Crippen LogP contribution in [0.3, 0.4) is 0 Å². The predicted octanol–water partition coefficient (Wildman–Crippen LogP) is 2.45. The Kier molecular flexibility index (Phi) is 10.8. The van der Waals surface area contributed by atoms with Crippen LogP contribution in [0, 0.1) is 38.5 Å². The maximum absolute atomic E-state index is 13.4. The van der Waals surface area contributed by atoms with E-state index in [2.05, 4.69) is 38.7 Å². The van der Waals surface area contributed by atoms with E-state index in [0.717, 1.165) is 67.6 Å². The fourth-order valence-corrected chi connectivity index (χ4v) is 7.69. The van der Waals surface area contributed by atoms with E-state index in [1.54, 1.807) is 0 Å². The zero-order chi connectivity index (χ0) is 35.3. The Morgan fingerprint density at radius 3 is 2.36 bits per heavy atom. The topological polar surface area (TPSA) is 127 Å². The Morgan fingerprint density at radius 2 is 1.70 bits per heavy atom. The fraction of sp³-hybridized carbons (Fsp3) is 0.400. The molecule has 10 heteroatoms. The minimum Gasteiger partial charge on any atom is -0.657 e. The van der Waals surface area contributed by atoms with Gasteiger partial charge in [-0.3, -0.25) is 9.59 Å². The maximum atomic E-state index is 13.4. The van der Waals surface area contributed by atoms with Crippen LogP contribution in [-0.2, 0) is 25.5 Å². The molecule has 1 saturated heterocycles. The van der Waals surface area contributed by atoms with E-state index in [4.69, 9.17) is 24.4 Å². The summed E-state index contributed by atoms with van der Waals surface area (Å²) in [6.07, 6.45) is 11.2. The molecule has 0 saturated carbocycles. The Bertz CT molecular complexity index is 2190. The summed E-state index contributed by atoms with van der Waals surface area (Å²) < 4.78 is 10.8. The summed E-state index contributed by atoms with van der Waals surface area (Å²) in [5.74, 6) is -2.16. The van der Waals surface area contributed by atoms with Gasteiger partial charge in [0.05, 0.1) is 13.2 Å². The molecule has 6 rings (SSSR count). The first-order valence-corrected chi connectivity index (χ1v) is 17.0. The second-order valence-corrected chi connectivity index (χ2v) is 13.6. The molecule has 9 nitrogen and oxygen atoms in total. The van der Waals surface area contributed by atoms with Gasteiger partial charge in [-0.1, -0.05) is 72.6 Å². The molecule has 50 heavy (non-hydrogen) atoms. The first-order chi connectivity index (χ1) is 23.4. The number of aliphatic hydroxyl groups excluding tert-OH is 1. The van der Waals surface area contributed by atoms with Crippen LogP contribution in [-0.4, -0.2) is 59.9 Å². The largest absolute Gasteiger partial charge is 2.00 e. The molecule has 0 amide bonds. The van der Waals surface area contributed by atoms with E-state index >= 15 is 0 Å². The number of esters is 2. The Hall–Kier alpha value is -4.15. The number of nitrogens with one attached hydrogen (secondary N) is 1. The van der Waals surface area contributed by atoms with E-state index in [9.17, 15) is 14.7 Å². The van der Waals surface area contributed by atoms with E-state index < -0.39 is 17.9 Å². The van der Waals surface area contributed by atoms with Crippen LogP contribution in [0.4, 0.5) is 0 Å². The van der Waals surface area contributed by atoms with Gasteiger partial charge in [0.1, 0.15) is 18.3 Å². The van der Waals surface area contributed by atoms with E-state index in [1.165, 1.54) is 7.11 Å². The number of aromatic nitrogens is 3. The van der Waals surface area contributed by atoms with Gasteiger partial charge in [-0.2, -0.15) is 0 Å². The van der Waals surface area contributed by atoms with Crippen LogP contribution in [0.5, 0.6) is 0 Å². The quantitative estimate of drug-likeness (QED) is 0.209. The molecule has 5 heterocycles.